The molecule has 0 aromatic rings. The van der Waals surface area contributed by atoms with Gasteiger partial charge in [-0.05, 0) is 6.04 Å². The summed E-state index contributed by atoms with van der Waals surface area (Å²) in [5.74, 6) is 0. The van der Waals surface area contributed by atoms with Gasteiger partial charge in [0.1, 0.15) is 0 Å². The minimum Gasteiger partial charge on any atom is -0.126 e. The standard InChI is InChI=1S/C18H37Cl3Si.C6H14/c1-2-3-4-5-6-7-8-9-10-11-12-13-14-15-16-17-18-22(19,20)21;1-3-5-6-4-2/h2-18H2,1H3;3-6H2,1-2H3. The molecule has 0 heterocycles. The Hall–Kier alpha value is 1.09. The molecule has 0 radical (unpaired) electrons. The molecule has 0 fully saturated rings. The molecule has 0 saturated heterocycles. The van der Waals surface area contributed by atoms with Crippen molar-refractivity contribution in [2.24, 2.45) is 0 Å². The first-order valence-corrected chi connectivity index (χ1v) is 17.8. The fourth-order valence-corrected chi connectivity index (χ4v) is 5.23. The lowest BCUT2D eigenvalue weighted by molar-refractivity contribution is 0.531. The molecule has 0 nitrogen and oxygen atoms in total. The van der Waals surface area contributed by atoms with Gasteiger partial charge in [-0.25, -0.2) is 0 Å². The SMILES string of the molecule is CCCCCC.CCCCCCCCCCCCCCCCCC[Si](Cl)(Cl)Cl. The molecule has 0 rings (SSSR count). The molecule has 172 valence electrons. The van der Waals surface area contributed by atoms with E-state index in [-0.39, 0.29) is 0 Å². The quantitative estimate of drug-likeness (QED) is 0.0936. The van der Waals surface area contributed by atoms with Gasteiger partial charge in [0.25, 0.3) is 0 Å². The summed E-state index contributed by atoms with van der Waals surface area (Å²) in [5, 5.41) is 0. The Kier molecular flexibility index (Phi) is 29.2. The van der Waals surface area contributed by atoms with Gasteiger partial charge in [0.15, 0.2) is 0 Å². The smallest absolute Gasteiger partial charge is 0.126 e. The van der Waals surface area contributed by atoms with Crippen molar-refractivity contribution in [3.8, 4) is 0 Å². The van der Waals surface area contributed by atoms with Crippen molar-refractivity contribution in [2.75, 3.05) is 0 Å². The van der Waals surface area contributed by atoms with E-state index in [1.54, 1.807) is 0 Å². The monoisotopic (exact) mass is 472 g/mol. The minimum atomic E-state index is -2.35. The molecule has 28 heavy (non-hydrogen) atoms. The number of halogens is 3. The van der Waals surface area contributed by atoms with Crippen molar-refractivity contribution in [2.45, 2.75) is 155 Å². The molecule has 0 unspecified atom stereocenters. The molecule has 0 aliphatic heterocycles. The zero-order valence-corrected chi connectivity index (χ0v) is 22.8. The Labute approximate surface area is 194 Å². The van der Waals surface area contributed by atoms with Crippen LogP contribution in [-0.2, 0) is 0 Å². The highest BCUT2D eigenvalue weighted by atomic mass is 35.8. The summed E-state index contributed by atoms with van der Waals surface area (Å²) in [6.45, 7) is 6.75. The van der Waals surface area contributed by atoms with Gasteiger partial charge in [0, 0.05) is 0 Å². The Balaban J connectivity index is 0. The number of unbranched alkanes of at least 4 members (excludes halogenated alkanes) is 18. The Morgan fingerprint density at radius 3 is 0.821 bits per heavy atom. The largest absolute Gasteiger partial charge is 0.341 e. The van der Waals surface area contributed by atoms with Gasteiger partial charge >= 0.3 is 6.00 Å². The summed E-state index contributed by atoms with van der Waals surface area (Å²) in [6, 6.07) is -1.52. The average Bonchev–Trinajstić information content (AvgIpc) is 2.65. The van der Waals surface area contributed by atoms with Crippen LogP contribution in [0.3, 0.4) is 0 Å². The van der Waals surface area contributed by atoms with E-state index in [4.69, 9.17) is 33.2 Å². The number of hydrogen-bond donors (Lipinski definition) is 0. The van der Waals surface area contributed by atoms with Crippen LogP contribution >= 0.6 is 33.2 Å². The van der Waals surface area contributed by atoms with Crippen LogP contribution in [-0.4, -0.2) is 6.00 Å². The minimum absolute atomic E-state index is 0.829. The lowest BCUT2D eigenvalue weighted by atomic mass is 10.0. The summed E-state index contributed by atoms with van der Waals surface area (Å²) in [6.07, 6.45) is 27.7. The third-order valence-corrected chi connectivity index (χ3v) is 7.89. The van der Waals surface area contributed by atoms with Crippen LogP contribution in [0.5, 0.6) is 0 Å². The van der Waals surface area contributed by atoms with Crippen LogP contribution in [0.2, 0.25) is 6.04 Å². The van der Waals surface area contributed by atoms with Gasteiger partial charge in [-0.1, -0.05) is 149 Å². The van der Waals surface area contributed by atoms with Crippen LogP contribution in [0, 0.1) is 0 Å². The predicted molar refractivity (Wildman–Crippen MR) is 137 cm³/mol. The summed E-state index contributed by atoms with van der Waals surface area (Å²) >= 11 is 17.6. The van der Waals surface area contributed by atoms with E-state index in [9.17, 15) is 0 Å². The lowest BCUT2D eigenvalue weighted by Gasteiger charge is -2.07. The molecule has 0 aliphatic carbocycles. The van der Waals surface area contributed by atoms with E-state index in [0.717, 1.165) is 12.5 Å². The first-order valence-electron chi connectivity index (χ1n) is 12.5. The molecule has 0 spiro atoms. The van der Waals surface area contributed by atoms with Gasteiger partial charge < -0.3 is 0 Å². The molecule has 0 aromatic carbocycles. The maximum Gasteiger partial charge on any atom is 0.341 e. The maximum absolute atomic E-state index is 5.87. The summed E-state index contributed by atoms with van der Waals surface area (Å²) < 4.78 is 0. The van der Waals surface area contributed by atoms with Crippen molar-refractivity contribution >= 4 is 39.2 Å². The Bertz CT molecular complexity index is 263. The first-order chi connectivity index (χ1) is 13.5. The van der Waals surface area contributed by atoms with Crippen LogP contribution in [0.25, 0.3) is 0 Å². The number of hydrogen-bond acceptors (Lipinski definition) is 0. The van der Waals surface area contributed by atoms with E-state index in [0.29, 0.717) is 0 Å². The zero-order valence-electron chi connectivity index (χ0n) is 19.5. The van der Waals surface area contributed by atoms with Crippen LogP contribution in [0.1, 0.15) is 149 Å². The highest BCUT2D eigenvalue weighted by Crippen LogP contribution is 2.27. The Morgan fingerprint density at radius 1 is 0.357 bits per heavy atom. The van der Waals surface area contributed by atoms with Crippen molar-refractivity contribution in [3.63, 3.8) is 0 Å². The van der Waals surface area contributed by atoms with Crippen LogP contribution < -0.4 is 0 Å². The average molecular weight is 474 g/mol. The molecule has 0 atom stereocenters. The second-order valence-corrected chi connectivity index (χ2v) is 17.7. The van der Waals surface area contributed by atoms with E-state index in [1.165, 1.54) is 122 Å². The highest BCUT2D eigenvalue weighted by molar-refractivity contribution is 7.64. The molecule has 0 saturated carbocycles. The van der Waals surface area contributed by atoms with Gasteiger partial charge in [0.2, 0.25) is 0 Å². The Morgan fingerprint density at radius 2 is 0.571 bits per heavy atom. The van der Waals surface area contributed by atoms with E-state index in [2.05, 4.69) is 20.8 Å². The van der Waals surface area contributed by atoms with Crippen molar-refractivity contribution in [3.05, 3.63) is 0 Å². The third-order valence-electron chi connectivity index (χ3n) is 5.27. The topological polar surface area (TPSA) is 0 Å². The predicted octanol–water partition coefficient (Wildman–Crippen LogP) is 11.5. The molecule has 0 aromatic heterocycles. The molecular formula is C24H51Cl3Si. The highest BCUT2D eigenvalue weighted by Gasteiger charge is 2.23. The van der Waals surface area contributed by atoms with Crippen molar-refractivity contribution in [1.82, 2.24) is 0 Å². The molecule has 0 amide bonds. The number of rotatable bonds is 20. The fourth-order valence-electron chi connectivity index (χ4n) is 3.37. The zero-order chi connectivity index (χ0) is 21.3. The van der Waals surface area contributed by atoms with Crippen molar-refractivity contribution in [1.29, 1.82) is 0 Å². The maximum atomic E-state index is 5.87. The fraction of sp³-hybridized carbons (Fsp3) is 1.00. The van der Waals surface area contributed by atoms with Crippen molar-refractivity contribution < 1.29 is 0 Å². The molecular weight excluding hydrogens is 423 g/mol. The molecule has 0 bridgehead atoms. The summed E-state index contributed by atoms with van der Waals surface area (Å²) in [7, 11) is 0. The molecule has 0 N–H and O–H groups in total. The van der Waals surface area contributed by atoms with Gasteiger partial charge in [0.05, 0.1) is 0 Å². The van der Waals surface area contributed by atoms with Gasteiger partial charge in [-0.3, -0.25) is 0 Å². The van der Waals surface area contributed by atoms with Gasteiger partial charge in [-0.2, -0.15) is 0 Å². The van der Waals surface area contributed by atoms with Crippen LogP contribution in [0.4, 0.5) is 0 Å². The first kappa shape index (κ1) is 31.3. The normalized spacial score (nSPS) is 11.4. The van der Waals surface area contributed by atoms with Gasteiger partial charge in [-0.15, -0.1) is 33.2 Å². The second-order valence-electron chi connectivity index (χ2n) is 8.38. The summed E-state index contributed by atoms with van der Waals surface area (Å²) in [5.41, 5.74) is 0. The third kappa shape index (κ3) is 34.6. The van der Waals surface area contributed by atoms with E-state index >= 15 is 0 Å². The summed E-state index contributed by atoms with van der Waals surface area (Å²) in [4.78, 5) is 0. The lowest BCUT2D eigenvalue weighted by Crippen LogP contribution is -2.07. The van der Waals surface area contributed by atoms with E-state index < -0.39 is 6.00 Å². The van der Waals surface area contributed by atoms with E-state index in [1.807, 2.05) is 0 Å². The second kappa shape index (κ2) is 26.1. The molecule has 0 aliphatic rings. The van der Waals surface area contributed by atoms with Crippen LogP contribution in [0.15, 0.2) is 0 Å². The molecule has 4 heteroatoms.